The van der Waals surface area contributed by atoms with Crippen LogP contribution in [-0.4, -0.2) is 28.9 Å². The van der Waals surface area contributed by atoms with Gasteiger partial charge in [-0.3, -0.25) is 4.79 Å². The quantitative estimate of drug-likeness (QED) is 0.229. The van der Waals surface area contributed by atoms with E-state index in [0.717, 1.165) is 42.1 Å². The smallest absolute Gasteiger partial charge is 0.256 e. The zero-order valence-corrected chi connectivity index (χ0v) is 23.8. The zero-order valence-electron chi connectivity index (χ0n) is 21.4. The molecule has 7 nitrogen and oxygen atoms in total. The Morgan fingerprint density at radius 2 is 1.62 bits per heavy atom. The van der Waals surface area contributed by atoms with Crippen LogP contribution in [-0.2, 0) is 9.84 Å². The Bertz CT molecular complexity index is 1830. The van der Waals surface area contributed by atoms with Crippen LogP contribution in [0.25, 0.3) is 22.2 Å². The first-order valence-corrected chi connectivity index (χ1v) is 15.3. The van der Waals surface area contributed by atoms with E-state index in [4.69, 9.17) is 9.97 Å². The molecule has 3 aromatic carbocycles. The predicted octanol–water partition coefficient (Wildman–Crippen LogP) is 7.25. The van der Waals surface area contributed by atoms with Crippen LogP contribution in [0.1, 0.15) is 54.1 Å². The number of rotatable bonds is 5. The standard InChI is InChI=1S/C30H27BrN4O3S/c1-19-14-16-23(17-15-19)39(37,38)27-26-28(33-25-13-6-5-12-24(25)32-26)35(22-10-3-2-4-11-22)29(27)34-30(36)20-8-7-9-21(31)18-20/h5-9,12-18,22H,2-4,10-11H2,1H3,(H,34,36). The van der Waals surface area contributed by atoms with Gasteiger partial charge in [0.05, 0.1) is 15.9 Å². The van der Waals surface area contributed by atoms with E-state index in [9.17, 15) is 13.2 Å². The lowest BCUT2D eigenvalue weighted by Crippen LogP contribution is -2.21. The summed E-state index contributed by atoms with van der Waals surface area (Å²) in [4.78, 5) is 23.5. The van der Waals surface area contributed by atoms with Gasteiger partial charge in [-0.2, -0.15) is 0 Å². The molecule has 0 spiro atoms. The van der Waals surface area contributed by atoms with Crippen molar-refractivity contribution in [3.63, 3.8) is 0 Å². The number of nitrogens with zero attached hydrogens (tertiary/aromatic N) is 3. The number of carbonyl (C=O) groups excluding carboxylic acids is 1. The summed E-state index contributed by atoms with van der Waals surface area (Å²) in [5, 5.41) is 3.00. The molecule has 5 aromatic rings. The maximum absolute atomic E-state index is 14.3. The monoisotopic (exact) mass is 602 g/mol. The molecule has 1 fully saturated rings. The predicted molar refractivity (Wildman–Crippen MR) is 156 cm³/mol. The third-order valence-corrected chi connectivity index (χ3v) is 9.62. The van der Waals surface area contributed by atoms with Crippen molar-refractivity contribution in [2.75, 3.05) is 5.32 Å². The van der Waals surface area contributed by atoms with E-state index in [1.807, 2.05) is 41.8 Å². The molecule has 1 N–H and O–H groups in total. The molecule has 0 radical (unpaired) electrons. The second-order valence-electron chi connectivity index (χ2n) is 10.0. The minimum Gasteiger partial charge on any atom is -0.307 e. The van der Waals surface area contributed by atoms with Gasteiger partial charge in [-0.15, -0.1) is 0 Å². The summed E-state index contributed by atoms with van der Waals surface area (Å²) < 4.78 is 31.4. The summed E-state index contributed by atoms with van der Waals surface area (Å²) >= 11 is 3.43. The van der Waals surface area contributed by atoms with Crippen LogP contribution in [0.5, 0.6) is 0 Å². The maximum atomic E-state index is 14.3. The van der Waals surface area contributed by atoms with Crippen molar-refractivity contribution >= 4 is 59.7 Å². The molecular weight excluding hydrogens is 576 g/mol. The molecule has 0 saturated heterocycles. The second-order valence-corrected chi connectivity index (χ2v) is 12.8. The normalized spacial score (nSPS) is 14.6. The summed E-state index contributed by atoms with van der Waals surface area (Å²) in [6.45, 7) is 1.91. The number of hydrogen-bond donors (Lipinski definition) is 1. The summed E-state index contributed by atoms with van der Waals surface area (Å²) in [6, 6.07) is 21.2. The molecule has 39 heavy (non-hydrogen) atoms. The van der Waals surface area contributed by atoms with Gasteiger partial charge >= 0.3 is 0 Å². The molecular formula is C30H27BrN4O3S. The van der Waals surface area contributed by atoms with Crippen LogP contribution in [0.15, 0.2) is 87.1 Å². The summed E-state index contributed by atoms with van der Waals surface area (Å²) in [5.41, 5.74) is 3.36. The number of sulfone groups is 1. The Hall–Kier alpha value is -3.56. The lowest BCUT2D eigenvalue weighted by molar-refractivity contribution is 0.102. The van der Waals surface area contributed by atoms with Gasteiger partial charge in [-0.1, -0.05) is 71.1 Å². The van der Waals surface area contributed by atoms with Crippen molar-refractivity contribution in [1.29, 1.82) is 0 Å². The number of halogens is 1. The van der Waals surface area contributed by atoms with E-state index >= 15 is 0 Å². The van der Waals surface area contributed by atoms with Crippen LogP contribution in [0, 0.1) is 6.92 Å². The first kappa shape index (κ1) is 25.7. The van der Waals surface area contributed by atoms with Crippen LogP contribution in [0.3, 0.4) is 0 Å². The van der Waals surface area contributed by atoms with Gasteiger partial charge in [0, 0.05) is 16.1 Å². The van der Waals surface area contributed by atoms with E-state index in [0.29, 0.717) is 22.2 Å². The first-order valence-electron chi connectivity index (χ1n) is 13.0. The maximum Gasteiger partial charge on any atom is 0.256 e. The van der Waals surface area contributed by atoms with Crippen molar-refractivity contribution in [3.8, 4) is 0 Å². The fraction of sp³-hybridized carbons (Fsp3) is 0.233. The van der Waals surface area contributed by atoms with Gasteiger partial charge in [-0.05, 0) is 62.2 Å². The van der Waals surface area contributed by atoms with Gasteiger partial charge < -0.3 is 9.88 Å². The average molecular weight is 604 g/mol. The Kier molecular flexibility index (Phi) is 6.72. The zero-order chi connectivity index (χ0) is 27.1. The molecule has 1 saturated carbocycles. The molecule has 2 heterocycles. The molecule has 0 bridgehead atoms. The summed E-state index contributed by atoms with van der Waals surface area (Å²) in [5.74, 6) is -0.182. The van der Waals surface area contributed by atoms with Gasteiger partial charge in [-0.25, -0.2) is 18.4 Å². The topological polar surface area (TPSA) is 94.0 Å². The molecule has 0 atom stereocenters. The number of anilines is 1. The molecule has 1 aliphatic rings. The van der Waals surface area contributed by atoms with Crippen molar-refractivity contribution in [3.05, 3.63) is 88.4 Å². The molecule has 0 unspecified atom stereocenters. The molecule has 1 aliphatic carbocycles. The number of benzene rings is 3. The summed E-state index contributed by atoms with van der Waals surface area (Å²) in [6.07, 6.45) is 4.89. The SMILES string of the molecule is Cc1ccc(S(=O)(=O)c2c(NC(=O)c3cccc(Br)c3)n(C3CCCCC3)c3nc4ccccc4nc23)cc1. The fourth-order valence-electron chi connectivity index (χ4n) is 5.35. The number of amides is 1. The van der Waals surface area contributed by atoms with E-state index in [2.05, 4.69) is 21.2 Å². The highest BCUT2D eigenvalue weighted by Gasteiger charge is 2.35. The number of nitrogens with one attached hydrogen (secondary N) is 1. The van der Waals surface area contributed by atoms with E-state index in [1.165, 1.54) is 0 Å². The number of aromatic nitrogens is 3. The van der Waals surface area contributed by atoms with Crippen LogP contribution >= 0.6 is 15.9 Å². The first-order chi connectivity index (χ1) is 18.8. The summed E-state index contributed by atoms with van der Waals surface area (Å²) in [7, 11) is -4.08. The van der Waals surface area contributed by atoms with E-state index in [1.54, 1.807) is 42.5 Å². The van der Waals surface area contributed by atoms with Gasteiger partial charge in [0.15, 0.2) is 5.65 Å². The van der Waals surface area contributed by atoms with Gasteiger partial charge in [0.2, 0.25) is 9.84 Å². The molecule has 9 heteroatoms. The molecule has 6 rings (SSSR count). The molecule has 198 valence electrons. The Balaban J connectivity index is 1.67. The lowest BCUT2D eigenvalue weighted by Gasteiger charge is -2.26. The van der Waals surface area contributed by atoms with E-state index < -0.39 is 15.7 Å². The Labute approximate surface area is 235 Å². The highest BCUT2D eigenvalue weighted by Crippen LogP contribution is 2.42. The van der Waals surface area contributed by atoms with Gasteiger partial charge in [0.1, 0.15) is 16.2 Å². The fourth-order valence-corrected chi connectivity index (χ4v) is 7.27. The second kappa shape index (κ2) is 10.2. The Morgan fingerprint density at radius 3 is 2.31 bits per heavy atom. The number of aryl methyl sites for hydroxylation is 1. The van der Waals surface area contributed by atoms with Crippen LogP contribution in [0.4, 0.5) is 5.82 Å². The lowest BCUT2D eigenvalue weighted by atomic mass is 9.95. The third kappa shape index (κ3) is 4.74. The van der Waals surface area contributed by atoms with Crippen molar-refractivity contribution in [1.82, 2.24) is 14.5 Å². The molecule has 1 amide bonds. The van der Waals surface area contributed by atoms with Gasteiger partial charge in [0.25, 0.3) is 5.91 Å². The number of fused-ring (bicyclic) bond motifs is 2. The third-order valence-electron chi connectivity index (χ3n) is 7.31. The van der Waals surface area contributed by atoms with Crippen molar-refractivity contribution < 1.29 is 13.2 Å². The van der Waals surface area contributed by atoms with Crippen molar-refractivity contribution in [2.45, 2.75) is 54.9 Å². The van der Waals surface area contributed by atoms with E-state index in [-0.39, 0.29) is 27.2 Å². The highest BCUT2D eigenvalue weighted by molar-refractivity contribution is 9.10. The largest absolute Gasteiger partial charge is 0.307 e. The minimum absolute atomic E-state index is 0.0171. The molecule has 2 aromatic heterocycles. The van der Waals surface area contributed by atoms with Crippen LogP contribution < -0.4 is 5.32 Å². The number of para-hydroxylation sites is 2. The average Bonchev–Trinajstić information content (AvgIpc) is 3.25. The Morgan fingerprint density at radius 1 is 0.923 bits per heavy atom. The molecule has 0 aliphatic heterocycles. The van der Waals surface area contributed by atoms with Crippen molar-refractivity contribution in [2.24, 2.45) is 0 Å². The highest BCUT2D eigenvalue weighted by atomic mass is 79.9. The minimum atomic E-state index is -4.08. The van der Waals surface area contributed by atoms with Crippen LogP contribution in [0.2, 0.25) is 0 Å². The number of hydrogen-bond acceptors (Lipinski definition) is 5. The number of carbonyl (C=O) groups is 1.